The minimum absolute atomic E-state index is 0.0507. The number of carbonyl (C=O) groups excluding carboxylic acids is 1. The molecule has 0 fully saturated rings. The van der Waals surface area contributed by atoms with Crippen LogP contribution in [0.4, 0.5) is 0 Å². The molecule has 0 radical (unpaired) electrons. The highest BCUT2D eigenvalue weighted by molar-refractivity contribution is 6.33. The molecule has 1 rings (SSSR count). The smallest absolute Gasteiger partial charge is 0.255 e. The van der Waals surface area contributed by atoms with E-state index in [1.165, 1.54) is 6.20 Å². The Hall–Kier alpha value is -1.13. The van der Waals surface area contributed by atoms with Crippen molar-refractivity contribution in [1.82, 2.24) is 9.88 Å². The highest BCUT2D eigenvalue weighted by Gasteiger charge is 2.23. The molecule has 18 heavy (non-hydrogen) atoms. The second-order valence-corrected chi connectivity index (χ2v) is 4.46. The van der Waals surface area contributed by atoms with Crippen LogP contribution in [0.15, 0.2) is 18.5 Å². The van der Waals surface area contributed by atoms with Crippen LogP contribution in [0.2, 0.25) is 5.02 Å². The lowest BCUT2D eigenvalue weighted by atomic mass is 10.1. The third-order valence-corrected chi connectivity index (χ3v) is 3.29. The van der Waals surface area contributed by atoms with Gasteiger partial charge in [0.15, 0.2) is 0 Å². The first-order valence-corrected chi connectivity index (χ1v) is 6.54. The van der Waals surface area contributed by atoms with Gasteiger partial charge in [0.05, 0.1) is 17.2 Å². The van der Waals surface area contributed by atoms with Gasteiger partial charge in [0, 0.05) is 25.0 Å². The van der Waals surface area contributed by atoms with Crippen LogP contribution >= 0.6 is 11.6 Å². The molecule has 0 unspecified atom stereocenters. The van der Waals surface area contributed by atoms with Crippen LogP contribution in [0.3, 0.4) is 0 Å². The molecule has 0 spiro atoms. The Labute approximate surface area is 113 Å². The summed E-state index contributed by atoms with van der Waals surface area (Å²) in [7, 11) is 0. The number of hydrogen-bond donors (Lipinski definition) is 1. The molecule has 1 aromatic rings. The SMILES string of the molecule is CCC(CC)N(CCO)C(=O)c1ccncc1Cl. The number of amides is 1. The Kier molecular flexibility index (Phi) is 6.09. The topological polar surface area (TPSA) is 53.4 Å². The standard InChI is InChI=1S/C13H19ClN2O2/c1-3-10(4-2)16(7-8-17)13(18)11-5-6-15-9-12(11)14/h5-6,9-10,17H,3-4,7-8H2,1-2H3. The van der Waals surface area contributed by atoms with E-state index in [4.69, 9.17) is 16.7 Å². The predicted octanol–water partition coefficient (Wildman–Crippen LogP) is 2.36. The van der Waals surface area contributed by atoms with Gasteiger partial charge in [-0.1, -0.05) is 25.4 Å². The van der Waals surface area contributed by atoms with Crippen molar-refractivity contribution in [3.05, 3.63) is 29.0 Å². The zero-order chi connectivity index (χ0) is 13.5. The molecule has 1 amide bonds. The van der Waals surface area contributed by atoms with Crippen LogP contribution in [0, 0.1) is 0 Å². The Bertz CT molecular complexity index is 394. The molecule has 0 aliphatic heterocycles. The van der Waals surface area contributed by atoms with Crippen molar-refractivity contribution < 1.29 is 9.90 Å². The van der Waals surface area contributed by atoms with E-state index in [1.807, 2.05) is 13.8 Å². The van der Waals surface area contributed by atoms with Crippen molar-refractivity contribution in [3.8, 4) is 0 Å². The Balaban J connectivity index is 2.99. The first kappa shape index (κ1) is 14.9. The number of hydrogen-bond acceptors (Lipinski definition) is 3. The molecule has 4 nitrogen and oxygen atoms in total. The van der Waals surface area contributed by atoms with Crippen LogP contribution in [-0.4, -0.2) is 40.1 Å². The summed E-state index contributed by atoms with van der Waals surface area (Å²) in [6.07, 6.45) is 4.71. The fraction of sp³-hybridized carbons (Fsp3) is 0.538. The second-order valence-electron chi connectivity index (χ2n) is 4.05. The zero-order valence-electron chi connectivity index (χ0n) is 10.8. The second kappa shape index (κ2) is 7.34. The maximum atomic E-state index is 12.4. The van der Waals surface area contributed by atoms with Crippen LogP contribution < -0.4 is 0 Å². The third-order valence-electron chi connectivity index (χ3n) is 2.99. The van der Waals surface area contributed by atoms with Crippen LogP contribution in [0.1, 0.15) is 37.0 Å². The predicted molar refractivity (Wildman–Crippen MR) is 71.7 cm³/mol. The van der Waals surface area contributed by atoms with Crippen molar-refractivity contribution in [2.45, 2.75) is 32.7 Å². The van der Waals surface area contributed by atoms with Gasteiger partial charge < -0.3 is 10.0 Å². The molecule has 0 saturated heterocycles. The monoisotopic (exact) mass is 270 g/mol. The molecule has 1 heterocycles. The summed E-state index contributed by atoms with van der Waals surface area (Å²) in [5.41, 5.74) is 0.437. The van der Waals surface area contributed by atoms with E-state index in [0.29, 0.717) is 17.1 Å². The molecule has 0 atom stereocenters. The minimum atomic E-state index is -0.148. The van der Waals surface area contributed by atoms with Crippen LogP contribution in [0.5, 0.6) is 0 Å². The quantitative estimate of drug-likeness (QED) is 0.863. The average molecular weight is 271 g/mol. The summed E-state index contributed by atoms with van der Waals surface area (Å²) in [5.74, 6) is -0.148. The number of aromatic nitrogens is 1. The van der Waals surface area contributed by atoms with Gasteiger partial charge in [0.2, 0.25) is 0 Å². The summed E-state index contributed by atoms with van der Waals surface area (Å²) in [4.78, 5) is 18.0. The lowest BCUT2D eigenvalue weighted by Gasteiger charge is -2.30. The molecule has 5 heteroatoms. The Morgan fingerprint density at radius 3 is 2.67 bits per heavy atom. The number of rotatable bonds is 6. The van der Waals surface area contributed by atoms with E-state index < -0.39 is 0 Å². The molecule has 1 aromatic heterocycles. The number of aliphatic hydroxyl groups excluding tert-OH is 1. The van der Waals surface area contributed by atoms with Crippen molar-refractivity contribution in [3.63, 3.8) is 0 Å². The number of pyridine rings is 1. The number of carbonyl (C=O) groups is 1. The van der Waals surface area contributed by atoms with E-state index in [2.05, 4.69) is 4.98 Å². The van der Waals surface area contributed by atoms with Gasteiger partial charge in [-0.15, -0.1) is 0 Å². The zero-order valence-corrected chi connectivity index (χ0v) is 11.5. The Morgan fingerprint density at radius 2 is 2.17 bits per heavy atom. The lowest BCUT2D eigenvalue weighted by Crippen LogP contribution is -2.41. The van der Waals surface area contributed by atoms with Crippen LogP contribution in [-0.2, 0) is 0 Å². The molecule has 0 saturated carbocycles. The number of nitrogens with zero attached hydrogens (tertiary/aromatic N) is 2. The van der Waals surface area contributed by atoms with Crippen molar-refractivity contribution in [1.29, 1.82) is 0 Å². The third kappa shape index (κ3) is 3.43. The maximum Gasteiger partial charge on any atom is 0.255 e. The van der Waals surface area contributed by atoms with Gasteiger partial charge in [-0.3, -0.25) is 9.78 Å². The van der Waals surface area contributed by atoms with Gasteiger partial charge in [0.1, 0.15) is 0 Å². The minimum Gasteiger partial charge on any atom is -0.395 e. The van der Waals surface area contributed by atoms with Crippen molar-refractivity contribution in [2.24, 2.45) is 0 Å². The van der Waals surface area contributed by atoms with Gasteiger partial charge in [-0.25, -0.2) is 0 Å². The van der Waals surface area contributed by atoms with E-state index in [0.717, 1.165) is 12.8 Å². The highest BCUT2D eigenvalue weighted by atomic mass is 35.5. The molecular formula is C13H19ClN2O2. The fourth-order valence-corrected chi connectivity index (χ4v) is 2.19. The summed E-state index contributed by atoms with van der Waals surface area (Å²) in [6, 6.07) is 1.73. The average Bonchev–Trinajstić information content (AvgIpc) is 2.39. The summed E-state index contributed by atoms with van der Waals surface area (Å²) in [5, 5.41) is 9.45. The first-order chi connectivity index (χ1) is 8.65. The van der Waals surface area contributed by atoms with E-state index >= 15 is 0 Å². The van der Waals surface area contributed by atoms with E-state index in [9.17, 15) is 4.79 Å². The number of aliphatic hydroxyl groups is 1. The van der Waals surface area contributed by atoms with Gasteiger partial charge >= 0.3 is 0 Å². The fourth-order valence-electron chi connectivity index (χ4n) is 1.99. The van der Waals surface area contributed by atoms with Gasteiger partial charge in [0.25, 0.3) is 5.91 Å². The summed E-state index contributed by atoms with van der Waals surface area (Å²) in [6.45, 7) is 4.33. The molecule has 0 aromatic carbocycles. The molecule has 1 N–H and O–H groups in total. The number of halogens is 1. The molecule has 0 aliphatic carbocycles. The largest absolute Gasteiger partial charge is 0.395 e. The van der Waals surface area contributed by atoms with E-state index in [1.54, 1.807) is 17.2 Å². The molecule has 100 valence electrons. The molecule has 0 bridgehead atoms. The lowest BCUT2D eigenvalue weighted by molar-refractivity contribution is 0.0622. The van der Waals surface area contributed by atoms with Gasteiger partial charge in [-0.05, 0) is 18.9 Å². The van der Waals surface area contributed by atoms with Crippen molar-refractivity contribution in [2.75, 3.05) is 13.2 Å². The first-order valence-electron chi connectivity index (χ1n) is 6.17. The van der Waals surface area contributed by atoms with Gasteiger partial charge in [-0.2, -0.15) is 0 Å². The maximum absolute atomic E-state index is 12.4. The highest BCUT2D eigenvalue weighted by Crippen LogP contribution is 2.19. The summed E-state index contributed by atoms with van der Waals surface area (Å²) < 4.78 is 0. The molecule has 0 aliphatic rings. The Morgan fingerprint density at radius 1 is 1.50 bits per heavy atom. The van der Waals surface area contributed by atoms with Crippen molar-refractivity contribution >= 4 is 17.5 Å². The molecular weight excluding hydrogens is 252 g/mol. The normalized spacial score (nSPS) is 10.7. The van der Waals surface area contributed by atoms with Crippen LogP contribution in [0.25, 0.3) is 0 Å². The van der Waals surface area contributed by atoms with E-state index in [-0.39, 0.29) is 18.6 Å². The summed E-state index contributed by atoms with van der Waals surface area (Å²) >= 11 is 5.98.